The van der Waals surface area contributed by atoms with Crippen LogP contribution in [-0.4, -0.2) is 51.8 Å². The lowest BCUT2D eigenvalue weighted by Gasteiger charge is -2.19. The molecular formula is C22H34N4O2S. The van der Waals surface area contributed by atoms with Gasteiger partial charge in [0.1, 0.15) is 0 Å². The van der Waals surface area contributed by atoms with Gasteiger partial charge in [-0.15, -0.1) is 0 Å². The van der Waals surface area contributed by atoms with Crippen LogP contribution in [0.2, 0.25) is 0 Å². The van der Waals surface area contributed by atoms with E-state index in [1.807, 2.05) is 31.2 Å². The normalized spacial score (nSPS) is 12.4. The van der Waals surface area contributed by atoms with Crippen molar-refractivity contribution in [1.29, 1.82) is 0 Å². The Bertz CT molecular complexity index is 848. The van der Waals surface area contributed by atoms with Crippen LogP contribution >= 0.6 is 11.8 Å². The van der Waals surface area contributed by atoms with Crippen molar-refractivity contribution in [3.8, 4) is 0 Å². The molecular weight excluding hydrogens is 384 g/mol. The number of rotatable bonds is 12. The molecule has 160 valence electrons. The lowest BCUT2D eigenvalue weighted by atomic mass is 10.2. The summed E-state index contributed by atoms with van der Waals surface area (Å²) in [7, 11) is 0. The lowest BCUT2D eigenvalue weighted by Crippen LogP contribution is -2.34. The van der Waals surface area contributed by atoms with Crippen molar-refractivity contribution in [1.82, 2.24) is 19.8 Å². The van der Waals surface area contributed by atoms with Crippen LogP contribution < -0.4 is 10.9 Å². The topological polar surface area (TPSA) is 67.2 Å². The SMILES string of the molecule is CCCC(C)NC(=O)CSc1nc2ccccc2c(=O)n1CCCN(CC)CC. The molecule has 29 heavy (non-hydrogen) atoms. The van der Waals surface area contributed by atoms with Gasteiger partial charge in [-0.05, 0) is 51.5 Å². The maximum Gasteiger partial charge on any atom is 0.262 e. The number of carbonyl (C=O) groups is 1. The minimum Gasteiger partial charge on any atom is -0.353 e. The molecule has 0 spiro atoms. The summed E-state index contributed by atoms with van der Waals surface area (Å²) in [6.45, 7) is 11.9. The number of aromatic nitrogens is 2. The van der Waals surface area contributed by atoms with Gasteiger partial charge in [0.05, 0.1) is 16.7 Å². The summed E-state index contributed by atoms with van der Waals surface area (Å²) in [5.41, 5.74) is 0.650. The molecule has 0 aliphatic rings. The fraction of sp³-hybridized carbons (Fsp3) is 0.591. The zero-order chi connectivity index (χ0) is 21.2. The van der Waals surface area contributed by atoms with Crippen LogP contribution in [0.4, 0.5) is 0 Å². The van der Waals surface area contributed by atoms with Gasteiger partial charge >= 0.3 is 0 Å². The van der Waals surface area contributed by atoms with Gasteiger partial charge in [-0.2, -0.15) is 0 Å². The van der Waals surface area contributed by atoms with Gasteiger partial charge in [0.25, 0.3) is 5.56 Å². The molecule has 2 aromatic rings. The molecule has 1 aromatic heterocycles. The second-order valence-corrected chi connectivity index (χ2v) is 8.24. The highest BCUT2D eigenvalue weighted by Gasteiger charge is 2.14. The van der Waals surface area contributed by atoms with Crippen LogP contribution in [-0.2, 0) is 11.3 Å². The van der Waals surface area contributed by atoms with E-state index in [9.17, 15) is 9.59 Å². The van der Waals surface area contributed by atoms with E-state index in [2.05, 4.69) is 31.0 Å². The van der Waals surface area contributed by atoms with Crippen molar-refractivity contribution < 1.29 is 4.79 Å². The molecule has 2 rings (SSSR count). The second-order valence-electron chi connectivity index (χ2n) is 7.29. The monoisotopic (exact) mass is 418 g/mol. The molecule has 1 unspecified atom stereocenters. The first kappa shape index (κ1) is 23.4. The molecule has 1 atom stereocenters. The summed E-state index contributed by atoms with van der Waals surface area (Å²) in [6.07, 6.45) is 2.86. The molecule has 0 fully saturated rings. The Balaban J connectivity index is 2.18. The first-order valence-corrected chi connectivity index (χ1v) is 11.6. The lowest BCUT2D eigenvalue weighted by molar-refractivity contribution is -0.119. The van der Waals surface area contributed by atoms with E-state index >= 15 is 0 Å². The molecule has 1 aromatic carbocycles. The number of carbonyl (C=O) groups excluding carboxylic acids is 1. The molecule has 1 amide bonds. The van der Waals surface area contributed by atoms with Crippen molar-refractivity contribution >= 4 is 28.6 Å². The number of benzene rings is 1. The molecule has 0 bridgehead atoms. The molecule has 1 N–H and O–H groups in total. The molecule has 6 nitrogen and oxygen atoms in total. The summed E-state index contributed by atoms with van der Waals surface area (Å²) >= 11 is 1.34. The Morgan fingerprint density at radius 3 is 2.66 bits per heavy atom. The van der Waals surface area contributed by atoms with Crippen molar-refractivity contribution in [2.24, 2.45) is 0 Å². The Kier molecular flexibility index (Phi) is 9.67. The fourth-order valence-corrected chi connectivity index (χ4v) is 4.24. The molecule has 0 saturated carbocycles. The van der Waals surface area contributed by atoms with Crippen LogP contribution in [0, 0.1) is 0 Å². The third-order valence-electron chi connectivity index (χ3n) is 5.04. The van der Waals surface area contributed by atoms with Crippen LogP contribution in [0.15, 0.2) is 34.2 Å². The maximum atomic E-state index is 13.1. The van der Waals surface area contributed by atoms with Crippen molar-refractivity contribution in [3.63, 3.8) is 0 Å². The van der Waals surface area contributed by atoms with Crippen molar-refractivity contribution in [2.45, 2.75) is 64.7 Å². The summed E-state index contributed by atoms with van der Waals surface area (Å²) in [5.74, 6) is 0.238. The van der Waals surface area contributed by atoms with E-state index in [0.717, 1.165) is 38.9 Å². The zero-order valence-electron chi connectivity index (χ0n) is 18.1. The summed E-state index contributed by atoms with van der Waals surface area (Å²) < 4.78 is 1.74. The highest BCUT2D eigenvalue weighted by atomic mass is 32.2. The van der Waals surface area contributed by atoms with E-state index in [1.54, 1.807) is 4.57 Å². The number of nitrogens with zero attached hydrogens (tertiary/aromatic N) is 3. The average molecular weight is 419 g/mol. The van der Waals surface area contributed by atoms with Crippen molar-refractivity contribution in [2.75, 3.05) is 25.4 Å². The van der Waals surface area contributed by atoms with Gasteiger partial charge in [-0.3, -0.25) is 14.2 Å². The van der Waals surface area contributed by atoms with Gasteiger partial charge < -0.3 is 10.2 Å². The third kappa shape index (κ3) is 6.85. The smallest absolute Gasteiger partial charge is 0.262 e. The number of amides is 1. The first-order valence-electron chi connectivity index (χ1n) is 10.6. The van der Waals surface area contributed by atoms with Crippen LogP contribution in [0.1, 0.15) is 47.0 Å². The van der Waals surface area contributed by atoms with E-state index in [0.29, 0.717) is 22.6 Å². The number of nitrogens with one attached hydrogen (secondary N) is 1. The van der Waals surface area contributed by atoms with E-state index in [-0.39, 0.29) is 23.3 Å². The molecule has 0 aliphatic carbocycles. The Morgan fingerprint density at radius 1 is 1.24 bits per heavy atom. The number of hydrogen-bond donors (Lipinski definition) is 1. The third-order valence-corrected chi connectivity index (χ3v) is 6.01. The second kappa shape index (κ2) is 12.0. The Hall–Kier alpha value is -1.86. The van der Waals surface area contributed by atoms with E-state index in [4.69, 9.17) is 4.98 Å². The zero-order valence-corrected chi connectivity index (χ0v) is 18.9. The molecule has 0 saturated heterocycles. The van der Waals surface area contributed by atoms with E-state index in [1.165, 1.54) is 11.8 Å². The molecule has 1 heterocycles. The maximum absolute atomic E-state index is 13.1. The summed E-state index contributed by atoms with van der Waals surface area (Å²) in [4.78, 5) is 32.4. The Labute approximate surface area is 178 Å². The quantitative estimate of drug-likeness (QED) is 0.422. The van der Waals surface area contributed by atoms with Crippen LogP contribution in [0.3, 0.4) is 0 Å². The highest BCUT2D eigenvalue weighted by Crippen LogP contribution is 2.18. The van der Waals surface area contributed by atoms with Gasteiger partial charge in [0, 0.05) is 12.6 Å². The summed E-state index contributed by atoms with van der Waals surface area (Å²) in [6, 6.07) is 7.58. The number of para-hydroxylation sites is 1. The number of hydrogen-bond acceptors (Lipinski definition) is 5. The van der Waals surface area contributed by atoms with Gasteiger partial charge in [0.2, 0.25) is 5.91 Å². The number of thioether (sulfide) groups is 1. The molecule has 0 aliphatic heterocycles. The van der Waals surface area contributed by atoms with Crippen molar-refractivity contribution in [3.05, 3.63) is 34.6 Å². The fourth-order valence-electron chi connectivity index (χ4n) is 3.40. The standard InChI is InChI=1S/C22H34N4O2S/c1-5-11-17(4)23-20(27)16-29-22-24-19-13-9-8-12-18(19)21(28)26(22)15-10-14-25(6-2)7-3/h8-9,12-13,17H,5-7,10-11,14-16H2,1-4H3,(H,23,27). The Morgan fingerprint density at radius 2 is 1.97 bits per heavy atom. The highest BCUT2D eigenvalue weighted by molar-refractivity contribution is 7.99. The van der Waals surface area contributed by atoms with Gasteiger partial charge in [0.15, 0.2) is 5.16 Å². The van der Waals surface area contributed by atoms with Crippen LogP contribution in [0.5, 0.6) is 0 Å². The minimum absolute atomic E-state index is 0.0203. The first-order chi connectivity index (χ1) is 14.0. The minimum atomic E-state index is -0.0302. The van der Waals surface area contributed by atoms with Crippen LogP contribution in [0.25, 0.3) is 10.9 Å². The predicted molar refractivity (Wildman–Crippen MR) is 122 cm³/mol. The van der Waals surface area contributed by atoms with Gasteiger partial charge in [-0.25, -0.2) is 4.98 Å². The summed E-state index contributed by atoms with van der Waals surface area (Å²) in [5, 5.41) is 4.26. The van der Waals surface area contributed by atoms with Gasteiger partial charge in [-0.1, -0.05) is 51.1 Å². The largest absolute Gasteiger partial charge is 0.353 e. The predicted octanol–water partition coefficient (Wildman–Crippen LogP) is 3.53. The van der Waals surface area contributed by atoms with E-state index < -0.39 is 0 Å². The number of fused-ring (bicyclic) bond motifs is 1. The molecule has 0 radical (unpaired) electrons. The average Bonchev–Trinajstić information content (AvgIpc) is 2.71. The molecule has 7 heteroatoms.